The van der Waals surface area contributed by atoms with E-state index >= 15 is 0 Å². The van der Waals surface area contributed by atoms with E-state index in [9.17, 15) is 14.0 Å². The van der Waals surface area contributed by atoms with E-state index < -0.39 is 17.2 Å². The van der Waals surface area contributed by atoms with Crippen LogP contribution in [0.4, 0.5) is 4.39 Å². The maximum Gasteiger partial charge on any atom is 0.276 e. The van der Waals surface area contributed by atoms with Gasteiger partial charge in [-0.1, -0.05) is 25.0 Å². The summed E-state index contributed by atoms with van der Waals surface area (Å²) >= 11 is 0. The molecule has 0 spiro atoms. The van der Waals surface area contributed by atoms with E-state index in [0.717, 1.165) is 25.7 Å². The van der Waals surface area contributed by atoms with Gasteiger partial charge in [0.1, 0.15) is 11.5 Å². The number of hydrogen-bond donors (Lipinski definition) is 2. The van der Waals surface area contributed by atoms with Crippen molar-refractivity contribution in [3.05, 3.63) is 57.8 Å². The molecule has 1 aromatic heterocycles. The van der Waals surface area contributed by atoms with Crippen LogP contribution in [0, 0.1) is 18.7 Å². The molecule has 138 valence electrons. The molecule has 2 atom stereocenters. The first-order valence-electron chi connectivity index (χ1n) is 8.88. The standard InChI is InChI=1S/C19H23FN4O2/c1-12-10-17(25)18(23-24(12)16-9-5-3-7-14(16)20)19(26)22-15-8-4-2-6-13(15)11-21/h3,5,7,9-10,13,15H,2,4,6,8,11,21H2,1H3,(H,22,26). The lowest BCUT2D eigenvalue weighted by molar-refractivity contribution is 0.0900. The predicted octanol–water partition coefficient (Wildman–Crippen LogP) is 1.93. The molecule has 1 aliphatic carbocycles. The molecule has 26 heavy (non-hydrogen) atoms. The van der Waals surface area contributed by atoms with Crippen molar-refractivity contribution in [2.45, 2.75) is 38.6 Å². The molecule has 1 saturated carbocycles. The second kappa shape index (κ2) is 7.78. The third-order valence-corrected chi connectivity index (χ3v) is 4.93. The van der Waals surface area contributed by atoms with Crippen LogP contribution in [0.3, 0.4) is 0 Å². The molecular weight excluding hydrogens is 335 g/mol. The Bertz CT molecular complexity index is 865. The Morgan fingerprint density at radius 3 is 2.81 bits per heavy atom. The van der Waals surface area contributed by atoms with Gasteiger partial charge in [0, 0.05) is 17.8 Å². The first kappa shape index (κ1) is 18.3. The predicted molar refractivity (Wildman–Crippen MR) is 96.8 cm³/mol. The fourth-order valence-corrected chi connectivity index (χ4v) is 3.49. The van der Waals surface area contributed by atoms with E-state index in [1.54, 1.807) is 25.1 Å². The average molecular weight is 358 g/mol. The van der Waals surface area contributed by atoms with Crippen molar-refractivity contribution < 1.29 is 9.18 Å². The van der Waals surface area contributed by atoms with Gasteiger partial charge in [-0.2, -0.15) is 5.10 Å². The Kier molecular flexibility index (Phi) is 5.46. The van der Waals surface area contributed by atoms with Gasteiger partial charge in [-0.05, 0) is 44.4 Å². The van der Waals surface area contributed by atoms with Crippen LogP contribution in [0.2, 0.25) is 0 Å². The van der Waals surface area contributed by atoms with Gasteiger partial charge in [-0.15, -0.1) is 0 Å². The minimum Gasteiger partial charge on any atom is -0.347 e. The van der Waals surface area contributed by atoms with Gasteiger partial charge in [0.2, 0.25) is 5.43 Å². The van der Waals surface area contributed by atoms with Gasteiger partial charge in [-0.25, -0.2) is 9.07 Å². The minimum absolute atomic E-state index is 0.0642. The Morgan fingerprint density at radius 2 is 2.08 bits per heavy atom. The average Bonchev–Trinajstić information content (AvgIpc) is 2.63. The Hall–Kier alpha value is -2.54. The van der Waals surface area contributed by atoms with E-state index in [-0.39, 0.29) is 23.3 Å². The molecule has 1 amide bonds. The molecule has 7 heteroatoms. The first-order chi connectivity index (χ1) is 12.5. The summed E-state index contributed by atoms with van der Waals surface area (Å²) in [7, 11) is 0. The monoisotopic (exact) mass is 358 g/mol. The highest BCUT2D eigenvalue weighted by molar-refractivity contribution is 5.92. The molecule has 1 aromatic carbocycles. The van der Waals surface area contributed by atoms with Crippen molar-refractivity contribution >= 4 is 5.91 Å². The van der Waals surface area contributed by atoms with E-state index in [4.69, 9.17) is 5.73 Å². The molecule has 1 fully saturated rings. The van der Waals surface area contributed by atoms with Crippen molar-refractivity contribution in [3.8, 4) is 5.69 Å². The second-order valence-electron chi connectivity index (χ2n) is 6.72. The van der Waals surface area contributed by atoms with E-state index in [1.807, 2.05) is 0 Å². The van der Waals surface area contributed by atoms with Crippen molar-refractivity contribution in [2.24, 2.45) is 11.7 Å². The van der Waals surface area contributed by atoms with Gasteiger partial charge < -0.3 is 11.1 Å². The number of hydrogen-bond acceptors (Lipinski definition) is 4. The Morgan fingerprint density at radius 1 is 1.35 bits per heavy atom. The maximum absolute atomic E-state index is 14.1. The summed E-state index contributed by atoms with van der Waals surface area (Å²) in [4.78, 5) is 24.9. The Labute approximate surface area is 151 Å². The molecule has 2 aromatic rings. The molecule has 0 bridgehead atoms. The van der Waals surface area contributed by atoms with E-state index in [1.165, 1.54) is 16.8 Å². The number of halogens is 1. The largest absolute Gasteiger partial charge is 0.347 e. The number of benzene rings is 1. The number of para-hydroxylation sites is 1. The lowest BCUT2D eigenvalue weighted by Crippen LogP contribution is -2.46. The van der Waals surface area contributed by atoms with E-state index in [2.05, 4.69) is 10.4 Å². The molecule has 6 nitrogen and oxygen atoms in total. The van der Waals surface area contributed by atoms with Crippen molar-refractivity contribution in [2.75, 3.05) is 6.54 Å². The van der Waals surface area contributed by atoms with Crippen molar-refractivity contribution in [1.82, 2.24) is 15.1 Å². The number of nitrogens with two attached hydrogens (primary N) is 1. The summed E-state index contributed by atoms with van der Waals surface area (Å²) in [6.07, 6.45) is 3.91. The van der Waals surface area contributed by atoms with Crippen molar-refractivity contribution in [3.63, 3.8) is 0 Å². The smallest absolute Gasteiger partial charge is 0.276 e. The lowest BCUT2D eigenvalue weighted by atomic mass is 9.84. The van der Waals surface area contributed by atoms with Gasteiger partial charge in [0.15, 0.2) is 5.69 Å². The highest BCUT2D eigenvalue weighted by Crippen LogP contribution is 2.23. The summed E-state index contributed by atoms with van der Waals surface area (Å²) in [5.41, 5.74) is 5.73. The number of nitrogens with zero attached hydrogens (tertiary/aromatic N) is 2. The summed E-state index contributed by atoms with van der Waals surface area (Å²) in [5.74, 6) is -0.814. The number of carbonyl (C=O) groups excluding carboxylic acids is 1. The number of amides is 1. The number of aromatic nitrogens is 2. The molecule has 1 heterocycles. The normalized spacial score (nSPS) is 20.0. The molecular formula is C19H23FN4O2. The molecule has 2 unspecified atom stereocenters. The Balaban J connectivity index is 1.92. The number of rotatable bonds is 4. The van der Waals surface area contributed by atoms with E-state index in [0.29, 0.717) is 12.2 Å². The SMILES string of the molecule is Cc1cc(=O)c(C(=O)NC2CCCCC2CN)nn1-c1ccccc1F. The highest BCUT2D eigenvalue weighted by Gasteiger charge is 2.27. The topological polar surface area (TPSA) is 90.0 Å². The van der Waals surface area contributed by atoms with Crippen LogP contribution in [0.1, 0.15) is 41.9 Å². The second-order valence-corrected chi connectivity index (χ2v) is 6.72. The summed E-state index contributed by atoms with van der Waals surface area (Å²) < 4.78 is 15.4. The summed E-state index contributed by atoms with van der Waals surface area (Å²) in [6, 6.07) is 7.34. The van der Waals surface area contributed by atoms with Crippen LogP contribution in [0.5, 0.6) is 0 Å². The fraction of sp³-hybridized carbons (Fsp3) is 0.421. The molecule has 1 aliphatic rings. The van der Waals surface area contributed by atoms with Gasteiger partial charge >= 0.3 is 0 Å². The number of carbonyl (C=O) groups is 1. The molecule has 0 saturated heterocycles. The minimum atomic E-state index is -0.537. The third kappa shape index (κ3) is 3.67. The van der Waals surface area contributed by atoms with Gasteiger partial charge in [0.25, 0.3) is 5.91 Å². The summed E-state index contributed by atoms with van der Waals surface area (Å²) in [6.45, 7) is 2.14. The molecule has 3 rings (SSSR count). The highest BCUT2D eigenvalue weighted by atomic mass is 19.1. The van der Waals surface area contributed by atoms with Crippen LogP contribution in [0.25, 0.3) is 5.69 Å². The number of aryl methyl sites for hydroxylation is 1. The zero-order valence-corrected chi connectivity index (χ0v) is 14.7. The molecule has 3 N–H and O–H groups in total. The van der Waals surface area contributed by atoms with Crippen LogP contribution >= 0.6 is 0 Å². The summed E-state index contributed by atoms with van der Waals surface area (Å²) in [5, 5.41) is 7.04. The van der Waals surface area contributed by atoms with Gasteiger partial charge in [0.05, 0.1) is 0 Å². The molecule has 0 radical (unpaired) electrons. The molecule has 0 aliphatic heterocycles. The van der Waals surface area contributed by atoms with Crippen LogP contribution in [-0.4, -0.2) is 28.3 Å². The van der Waals surface area contributed by atoms with Gasteiger partial charge in [-0.3, -0.25) is 9.59 Å². The van der Waals surface area contributed by atoms with Crippen LogP contribution in [-0.2, 0) is 0 Å². The number of nitrogens with one attached hydrogen (secondary N) is 1. The first-order valence-corrected chi connectivity index (χ1v) is 8.88. The zero-order chi connectivity index (χ0) is 18.7. The van der Waals surface area contributed by atoms with Crippen LogP contribution in [0.15, 0.2) is 35.1 Å². The third-order valence-electron chi connectivity index (χ3n) is 4.93. The van der Waals surface area contributed by atoms with Crippen LogP contribution < -0.4 is 16.5 Å². The van der Waals surface area contributed by atoms with Crippen molar-refractivity contribution in [1.29, 1.82) is 0 Å². The zero-order valence-electron chi connectivity index (χ0n) is 14.7. The lowest BCUT2D eigenvalue weighted by Gasteiger charge is -2.31. The quantitative estimate of drug-likeness (QED) is 0.874. The fourth-order valence-electron chi connectivity index (χ4n) is 3.49. The maximum atomic E-state index is 14.1.